The molecule has 0 radical (unpaired) electrons. The van der Waals surface area contributed by atoms with Crippen molar-refractivity contribution in [2.24, 2.45) is 0 Å². The maximum atomic E-state index is 11.4. The van der Waals surface area contributed by atoms with Gasteiger partial charge in [-0.1, -0.05) is 6.92 Å². The smallest absolute Gasteiger partial charge is 0.280 e. The Bertz CT molecular complexity index is 425. The maximum absolute atomic E-state index is 11.4. The van der Waals surface area contributed by atoms with Gasteiger partial charge in [0.15, 0.2) is 5.78 Å². The monoisotopic (exact) mass is 207 g/mol. The highest BCUT2D eigenvalue weighted by molar-refractivity contribution is 6.00. The van der Waals surface area contributed by atoms with Crippen LogP contribution in [0.25, 0.3) is 0 Å². The number of hydrogen-bond donors (Lipinski definition) is 0. The van der Waals surface area contributed by atoms with Crippen LogP contribution >= 0.6 is 0 Å². The molecule has 78 valence electrons. The molecule has 0 aliphatic carbocycles. The molecule has 15 heavy (non-hydrogen) atoms. The third-order valence-electron chi connectivity index (χ3n) is 1.97. The number of nitrogens with zero attached hydrogens (tertiary/aromatic N) is 1. The van der Waals surface area contributed by atoms with E-state index >= 15 is 0 Å². The van der Waals surface area contributed by atoms with Crippen molar-refractivity contribution in [2.45, 2.75) is 13.3 Å². The topological polar surface area (TPSA) is 77.3 Å². The molecule has 5 nitrogen and oxygen atoms in total. The second-order valence-corrected chi connectivity index (χ2v) is 2.93. The molecular weight excluding hydrogens is 198 g/mol. The lowest BCUT2D eigenvalue weighted by molar-refractivity contribution is -0.385. The van der Waals surface area contributed by atoms with E-state index in [2.05, 4.69) is 0 Å². The zero-order valence-corrected chi connectivity index (χ0v) is 8.10. The number of Topliss-reactive ketones (excluding diaryl/α,β-unsaturated/α-hetero) is 1. The maximum Gasteiger partial charge on any atom is 0.280 e. The summed E-state index contributed by atoms with van der Waals surface area (Å²) < 4.78 is 0. The van der Waals surface area contributed by atoms with Crippen molar-refractivity contribution in [3.63, 3.8) is 0 Å². The SMILES string of the molecule is CCC(=O)c1cc(C=O)ccc1[N+](=O)[O-]. The molecule has 0 aliphatic heterocycles. The van der Waals surface area contributed by atoms with Gasteiger partial charge < -0.3 is 0 Å². The molecule has 0 bridgehead atoms. The van der Waals surface area contributed by atoms with Gasteiger partial charge in [0.25, 0.3) is 5.69 Å². The Morgan fingerprint density at radius 1 is 1.53 bits per heavy atom. The van der Waals surface area contributed by atoms with Crippen LogP contribution in [-0.2, 0) is 0 Å². The summed E-state index contributed by atoms with van der Waals surface area (Å²) in [5, 5.41) is 10.6. The Labute approximate surface area is 85.9 Å². The minimum absolute atomic E-state index is 0.00731. The Kier molecular flexibility index (Phi) is 3.28. The van der Waals surface area contributed by atoms with Gasteiger partial charge in [-0.05, 0) is 12.1 Å². The van der Waals surface area contributed by atoms with Gasteiger partial charge in [0.1, 0.15) is 6.29 Å². The Hall–Kier alpha value is -2.04. The van der Waals surface area contributed by atoms with Crippen LogP contribution in [0.15, 0.2) is 18.2 Å². The van der Waals surface area contributed by atoms with Gasteiger partial charge >= 0.3 is 0 Å². The summed E-state index contributed by atoms with van der Waals surface area (Å²) in [6.45, 7) is 1.61. The van der Waals surface area contributed by atoms with Crippen LogP contribution in [0, 0.1) is 10.1 Å². The summed E-state index contributed by atoms with van der Waals surface area (Å²) in [6.07, 6.45) is 0.722. The Balaban J connectivity index is 3.34. The Morgan fingerprint density at radius 3 is 2.67 bits per heavy atom. The van der Waals surface area contributed by atoms with Crippen molar-refractivity contribution in [3.8, 4) is 0 Å². The molecule has 5 heteroatoms. The lowest BCUT2D eigenvalue weighted by atomic mass is 10.0. The molecule has 0 atom stereocenters. The Morgan fingerprint density at radius 2 is 2.20 bits per heavy atom. The first kappa shape index (κ1) is 11.0. The van der Waals surface area contributed by atoms with Crippen LogP contribution in [0.1, 0.15) is 34.1 Å². The zero-order valence-electron chi connectivity index (χ0n) is 8.10. The summed E-state index contributed by atoms with van der Waals surface area (Å²) in [6, 6.07) is 3.74. The van der Waals surface area contributed by atoms with Crippen LogP contribution in [0.3, 0.4) is 0 Å². The summed E-state index contributed by atoms with van der Waals surface area (Å²) in [5.74, 6) is -0.342. The van der Waals surface area contributed by atoms with Gasteiger partial charge in [0.2, 0.25) is 0 Å². The summed E-state index contributed by atoms with van der Waals surface area (Å²) in [4.78, 5) is 31.8. The van der Waals surface area contributed by atoms with E-state index in [-0.39, 0.29) is 29.0 Å². The lowest BCUT2D eigenvalue weighted by Gasteiger charge is -2.00. The van der Waals surface area contributed by atoms with Crippen LogP contribution in [0.2, 0.25) is 0 Å². The van der Waals surface area contributed by atoms with E-state index in [4.69, 9.17) is 0 Å². The van der Waals surface area contributed by atoms with Crippen LogP contribution in [-0.4, -0.2) is 17.0 Å². The molecule has 0 heterocycles. The number of rotatable bonds is 4. The van der Waals surface area contributed by atoms with Gasteiger partial charge in [-0.15, -0.1) is 0 Å². The largest absolute Gasteiger partial charge is 0.298 e. The fraction of sp³-hybridized carbons (Fsp3) is 0.200. The molecule has 0 fully saturated rings. The van der Waals surface area contributed by atoms with E-state index < -0.39 is 4.92 Å². The highest BCUT2D eigenvalue weighted by Crippen LogP contribution is 2.20. The van der Waals surface area contributed by atoms with Crippen LogP contribution in [0.4, 0.5) is 5.69 Å². The molecule has 1 aromatic carbocycles. The molecule has 0 saturated heterocycles. The van der Waals surface area contributed by atoms with Crippen molar-refractivity contribution in [1.82, 2.24) is 0 Å². The standard InChI is InChI=1S/C10H9NO4/c1-2-10(13)8-5-7(6-12)3-4-9(8)11(14)15/h3-6H,2H2,1H3. The normalized spacial score (nSPS) is 9.67. The third kappa shape index (κ3) is 2.25. The fourth-order valence-electron chi connectivity index (χ4n) is 1.20. The average molecular weight is 207 g/mol. The molecule has 1 rings (SSSR count). The second-order valence-electron chi connectivity index (χ2n) is 2.93. The molecule has 1 aromatic rings. The number of nitro groups is 1. The zero-order chi connectivity index (χ0) is 11.4. The number of ketones is 1. The lowest BCUT2D eigenvalue weighted by Crippen LogP contribution is -2.03. The van der Waals surface area contributed by atoms with E-state index in [1.54, 1.807) is 6.92 Å². The van der Waals surface area contributed by atoms with E-state index in [0.717, 1.165) is 0 Å². The summed E-state index contributed by atoms with van der Waals surface area (Å²) in [5.41, 5.74) is -0.00282. The summed E-state index contributed by atoms with van der Waals surface area (Å²) >= 11 is 0. The number of benzene rings is 1. The van der Waals surface area contributed by atoms with E-state index in [9.17, 15) is 19.7 Å². The molecule has 0 unspecified atom stereocenters. The molecule has 0 N–H and O–H groups in total. The van der Waals surface area contributed by atoms with Crippen LogP contribution in [0.5, 0.6) is 0 Å². The predicted octanol–water partition coefficient (Wildman–Crippen LogP) is 2.00. The number of hydrogen-bond acceptors (Lipinski definition) is 4. The number of aldehydes is 1. The number of carbonyl (C=O) groups excluding carboxylic acids is 2. The third-order valence-corrected chi connectivity index (χ3v) is 1.97. The molecule has 0 aliphatic rings. The highest BCUT2D eigenvalue weighted by Gasteiger charge is 2.18. The first-order chi connectivity index (χ1) is 7.10. The first-order valence-corrected chi connectivity index (χ1v) is 4.37. The fourth-order valence-corrected chi connectivity index (χ4v) is 1.20. The van der Waals surface area contributed by atoms with Crippen molar-refractivity contribution in [3.05, 3.63) is 39.4 Å². The first-order valence-electron chi connectivity index (χ1n) is 4.37. The second kappa shape index (κ2) is 4.45. The predicted molar refractivity (Wildman–Crippen MR) is 53.1 cm³/mol. The van der Waals surface area contributed by atoms with Gasteiger partial charge in [-0.25, -0.2) is 0 Å². The minimum Gasteiger partial charge on any atom is -0.298 e. The summed E-state index contributed by atoms with van der Waals surface area (Å²) in [7, 11) is 0. The molecule has 0 amide bonds. The van der Waals surface area contributed by atoms with Gasteiger partial charge in [0, 0.05) is 18.1 Å². The van der Waals surface area contributed by atoms with Crippen LogP contribution < -0.4 is 0 Å². The highest BCUT2D eigenvalue weighted by atomic mass is 16.6. The van der Waals surface area contributed by atoms with Crippen molar-refractivity contribution < 1.29 is 14.5 Å². The van der Waals surface area contributed by atoms with Gasteiger partial charge in [0.05, 0.1) is 10.5 Å². The van der Waals surface area contributed by atoms with E-state index in [1.807, 2.05) is 0 Å². The molecule has 0 spiro atoms. The minimum atomic E-state index is -0.628. The van der Waals surface area contributed by atoms with Crippen molar-refractivity contribution >= 4 is 17.8 Å². The quantitative estimate of drug-likeness (QED) is 0.327. The van der Waals surface area contributed by atoms with Gasteiger partial charge in [-0.3, -0.25) is 19.7 Å². The molecule has 0 saturated carbocycles. The van der Waals surface area contributed by atoms with E-state index in [0.29, 0.717) is 6.29 Å². The average Bonchev–Trinajstić information content (AvgIpc) is 2.26. The molecule has 0 aromatic heterocycles. The van der Waals surface area contributed by atoms with E-state index in [1.165, 1.54) is 18.2 Å². The number of nitro benzene ring substituents is 1. The van der Waals surface area contributed by atoms with Crippen molar-refractivity contribution in [2.75, 3.05) is 0 Å². The van der Waals surface area contributed by atoms with Crippen molar-refractivity contribution in [1.29, 1.82) is 0 Å². The molecular formula is C10H9NO4. The number of carbonyl (C=O) groups is 2. The van der Waals surface area contributed by atoms with Gasteiger partial charge in [-0.2, -0.15) is 0 Å².